The predicted octanol–water partition coefficient (Wildman–Crippen LogP) is 7.08. The molecule has 0 aliphatic rings. The zero-order valence-electron chi connectivity index (χ0n) is 19.4. The summed E-state index contributed by atoms with van der Waals surface area (Å²) in [6.45, 7) is 1.56. The van der Waals surface area contributed by atoms with Crippen LogP contribution in [0.2, 0.25) is 10.0 Å². The third-order valence-corrected chi connectivity index (χ3v) is 7.11. The van der Waals surface area contributed by atoms with E-state index in [1.165, 1.54) is 31.4 Å². The van der Waals surface area contributed by atoms with Gasteiger partial charge in [0.15, 0.2) is 5.75 Å². The maximum atomic E-state index is 13.1. The number of nitrogens with one attached hydrogen (secondary N) is 1. The highest BCUT2D eigenvalue weighted by Gasteiger charge is 2.23. The molecule has 0 spiro atoms. The molecule has 0 radical (unpaired) electrons. The number of rotatable bonds is 6. The zero-order chi connectivity index (χ0) is 26.9. The lowest BCUT2D eigenvalue weighted by Gasteiger charge is -2.12. The second-order valence-electron chi connectivity index (χ2n) is 7.86. The molecule has 0 bridgehead atoms. The topological polar surface area (TPSA) is 138 Å². The van der Waals surface area contributed by atoms with Crippen molar-refractivity contribution in [2.45, 2.75) is 11.8 Å². The van der Waals surface area contributed by atoms with Crippen LogP contribution in [0.4, 0.5) is 17.1 Å². The first-order valence-corrected chi connectivity index (χ1v) is 12.8. The first-order chi connectivity index (χ1) is 17.5. The quantitative estimate of drug-likeness (QED) is 0.170. The lowest BCUT2D eigenvalue weighted by molar-refractivity contribution is 0.102. The molecule has 4 rings (SSSR count). The summed E-state index contributed by atoms with van der Waals surface area (Å²) in [7, 11) is -3.30. The Balaban J connectivity index is 1.84. The molecule has 190 valence electrons. The Kier molecular flexibility index (Phi) is 7.37. The second kappa shape index (κ2) is 10.3. The van der Waals surface area contributed by atoms with E-state index >= 15 is 0 Å². The van der Waals surface area contributed by atoms with Gasteiger partial charge in [-0.05, 0) is 42.1 Å². The number of carbonyl (C=O) groups is 1. The number of methoxy groups -OCH3 is 1. The van der Waals surface area contributed by atoms with E-state index in [0.29, 0.717) is 32.8 Å². The van der Waals surface area contributed by atoms with Crippen LogP contribution in [0.5, 0.6) is 11.5 Å². The molecule has 0 saturated carbocycles. The van der Waals surface area contributed by atoms with Gasteiger partial charge in [-0.1, -0.05) is 53.5 Å². The number of nitrogens with zero attached hydrogens (tertiary/aromatic N) is 2. The summed E-state index contributed by atoms with van der Waals surface area (Å²) in [6, 6.07) is 15.8. The normalized spacial score (nSPS) is 11.7. The highest BCUT2D eigenvalue weighted by Crippen LogP contribution is 2.41. The van der Waals surface area contributed by atoms with Gasteiger partial charge in [0.05, 0.1) is 22.7 Å². The molecule has 0 aromatic heterocycles. The fourth-order valence-corrected chi connectivity index (χ4v) is 5.04. The Bertz CT molecular complexity index is 1690. The molecule has 0 unspecified atom stereocenters. The van der Waals surface area contributed by atoms with E-state index in [2.05, 4.69) is 15.5 Å². The maximum Gasteiger partial charge on any atom is 0.298 e. The van der Waals surface area contributed by atoms with Gasteiger partial charge in [0.25, 0.3) is 16.0 Å². The summed E-state index contributed by atoms with van der Waals surface area (Å²) in [5.74, 6) is -0.793. The van der Waals surface area contributed by atoms with Gasteiger partial charge < -0.3 is 15.2 Å². The second-order valence-corrected chi connectivity index (χ2v) is 10.0. The molecule has 37 heavy (non-hydrogen) atoms. The lowest BCUT2D eigenvalue weighted by Crippen LogP contribution is -2.12. The van der Waals surface area contributed by atoms with E-state index in [0.717, 1.165) is 0 Å². The largest absolute Gasteiger partial charge is 0.505 e. The third-order valence-electron chi connectivity index (χ3n) is 5.44. The number of carbonyl (C=O) groups excluding carboxylic acids is 1. The van der Waals surface area contributed by atoms with Crippen LogP contribution in [0.25, 0.3) is 10.8 Å². The number of azo groups is 1. The molecule has 1 amide bonds. The van der Waals surface area contributed by atoms with Crippen molar-refractivity contribution in [3.63, 3.8) is 0 Å². The van der Waals surface area contributed by atoms with Crippen molar-refractivity contribution in [1.29, 1.82) is 0 Å². The average molecular weight is 560 g/mol. The molecule has 3 N–H and O–H groups in total. The fourth-order valence-electron chi connectivity index (χ4n) is 3.64. The van der Waals surface area contributed by atoms with Gasteiger partial charge in [0, 0.05) is 17.1 Å². The first kappa shape index (κ1) is 26.4. The Morgan fingerprint density at radius 3 is 2.35 bits per heavy atom. The van der Waals surface area contributed by atoms with Crippen LogP contribution in [0.1, 0.15) is 15.9 Å². The summed E-state index contributed by atoms with van der Waals surface area (Å²) in [6.07, 6.45) is 0. The van der Waals surface area contributed by atoms with Gasteiger partial charge >= 0.3 is 0 Å². The molecule has 0 aliphatic heterocycles. The number of halogens is 2. The number of phenols is 1. The minimum atomic E-state index is -4.74. The summed E-state index contributed by atoms with van der Waals surface area (Å²) >= 11 is 12.1. The number of hydrogen-bond donors (Lipinski definition) is 3. The number of aromatic hydroxyl groups is 1. The van der Waals surface area contributed by atoms with Crippen molar-refractivity contribution in [3.8, 4) is 11.5 Å². The number of amides is 1. The van der Waals surface area contributed by atoms with Crippen LogP contribution < -0.4 is 10.1 Å². The SMILES string of the molecule is COc1cc(NC(=O)c2cc3ccccc3c(N=Nc3c(C)ccc(Cl)c3S(=O)(=O)O)c2O)ccc1Cl. The predicted molar refractivity (Wildman–Crippen MR) is 142 cm³/mol. The number of ether oxygens (including phenoxy) is 1. The summed E-state index contributed by atoms with van der Waals surface area (Å²) in [4.78, 5) is 12.5. The molecule has 4 aromatic carbocycles. The van der Waals surface area contributed by atoms with Gasteiger partial charge in [-0.25, -0.2) is 0 Å². The number of hydrogen-bond acceptors (Lipinski definition) is 7. The molecular weight excluding hydrogens is 541 g/mol. The Hall–Kier alpha value is -3.70. The molecule has 12 heteroatoms. The molecular formula is C25H19Cl2N3O6S. The zero-order valence-corrected chi connectivity index (χ0v) is 21.7. The van der Waals surface area contributed by atoms with E-state index in [-0.39, 0.29) is 22.0 Å². The molecule has 0 heterocycles. The van der Waals surface area contributed by atoms with Gasteiger partial charge in [0.1, 0.15) is 22.0 Å². The van der Waals surface area contributed by atoms with Crippen molar-refractivity contribution in [2.24, 2.45) is 10.2 Å². The number of anilines is 1. The number of phenolic OH excluding ortho intramolecular Hbond substituents is 1. The average Bonchev–Trinajstić information content (AvgIpc) is 2.85. The van der Waals surface area contributed by atoms with Crippen LogP contribution in [0.3, 0.4) is 0 Å². The molecule has 0 saturated heterocycles. The van der Waals surface area contributed by atoms with Crippen LogP contribution in [-0.4, -0.2) is 31.1 Å². The van der Waals surface area contributed by atoms with Crippen LogP contribution in [0.15, 0.2) is 75.8 Å². The summed E-state index contributed by atoms with van der Waals surface area (Å²) in [5.41, 5.74) is 0.322. The van der Waals surface area contributed by atoms with Gasteiger partial charge in [-0.2, -0.15) is 8.42 Å². The third kappa shape index (κ3) is 5.37. The molecule has 0 atom stereocenters. The van der Waals surface area contributed by atoms with Crippen LogP contribution in [-0.2, 0) is 10.1 Å². The summed E-state index contributed by atoms with van der Waals surface area (Å²) < 4.78 is 38.7. The number of fused-ring (bicyclic) bond motifs is 1. The van der Waals surface area contributed by atoms with E-state index in [9.17, 15) is 22.9 Å². The molecule has 0 fully saturated rings. The number of benzene rings is 4. The maximum absolute atomic E-state index is 13.1. The van der Waals surface area contributed by atoms with Gasteiger partial charge in [0.2, 0.25) is 0 Å². The minimum absolute atomic E-state index is 0.0856. The van der Waals surface area contributed by atoms with E-state index in [1.807, 2.05) is 0 Å². The summed E-state index contributed by atoms with van der Waals surface area (Å²) in [5, 5.41) is 22.9. The van der Waals surface area contributed by atoms with Crippen LogP contribution in [0, 0.1) is 6.92 Å². The van der Waals surface area contributed by atoms with Crippen molar-refractivity contribution < 1.29 is 27.6 Å². The highest BCUT2D eigenvalue weighted by molar-refractivity contribution is 7.86. The Morgan fingerprint density at radius 1 is 0.973 bits per heavy atom. The van der Waals surface area contributed by atoms with E-state index < -0.39 is 26.7 Å². The smallest absolute Gasteiger partial charge is 0.298 e. The van der Waals surface area contributed by atoms with E-state index in [1.54, 1.807) is 43.3 Å². The lowest BCUT2D eigenvalue weighted by atomic mass is 10.0. The Morgan fingerprint density at radius 2 is 1.65 bits per heavy atom. The first-order valence-electron chi connectivity index (χ1n) is 10.6. The number of aryl methyl sites for hydroxylation is 1. The monoisotopic (exact) mass is 559 g/mol. The van der Waals surface area contributed by atoms with Crippen molar-refractivity contribution >= 4 is 67.1 Å². The molecule has 9 nitrogen and oxygen atoms in total. The Labute approximate surface area is 222 Å². The van der Waals surface area contributed by atoms with Crippen LogP contribution >= 0.6 is 23.2 Å². The fraction of sp³-hybridized carbons (Fsp3) is 0.0800. The minimum Gasteiger partial charge on any atom is -0.505 e. The van der Waals surface area contributed by atoms with Crippen molar-refractivity contribution in [1.82, 2.24) is 0 Å². The standard InChI is InChI=1S/C25H19Cl2N3O6S/c1-13-7-9-19(27)24(37(33,34)35)21(13)29-30-22-16-6-4-3-5-14(16)11-17(23(22)31)25(32)28-15-8-10-18(26)20(12-15)36-2/h3-12,31H,1-2H3,(H,28,32)(H,33,34,35). The van der Waals surface area contributed by atoms with Gasteiger partial charge in [-0.3, -0.25) is 9.35 Å². The molecule has 4 aromatic rings. The van der Waals surface area contributed by atoms with E-state index in [4.69, 9.17) is 27.9 Å². The van der Waals surface area contributed by atoms with Crippen molar-refractivity contribution in [3.05, 3.63) is 81.8 Å². The molecule has 0 aliphatic carbocycles. The van der Waals surface area contributed by atoms with Crippen molar-refractivity contribution in [2.75, 3.05) is 12.4 Å². The highest BCUT2D eigenvalue weighted by atomic mass is 35.5. The van der Waals surface area contributed by atoms with Gasteiger partial charge in [-0.15, -0.1) is 10.2 Å².